The zero-order valence-corrected chi connectivity index (χ0v) is 60.1. The SMILES string of the molecule is CCCCCCCCCCCCCC(=O)N[C@H]1[C@@H](OC(CC(=O)OCc2ccccc2)CC(=O)OCc2ccccc2)O[C@H](COC(=O)[C@@H](CCC(=O)OC(=O)c2ccccc2)NC(=O)CCCCCCCNC(=O)c2ccccc2)[C@@H](O)[C@@H]1OC(=O)CNC(=O)CCCCCCCCCCC. The molecule has 0 radical (unpaired) electrons. The number of nitrogens with one attached hydrogen (secondary N) is 4. The Morgan fingerprint density at radius 2 is 0.922 bits per heavy atom. The van der Waals surface area contributed by atoms with Gasteiger partial charge in [-0.15, -0.1) is 0 Å². The van der Waals surface area contributed by atoms with Crippen LogP contribution in [-0.2, 0) is 84.7 Å². The minimum absolute atomic E-state index is 0.00840. The first kappa shape index (κ1) is 84.3. The van der Waals surface area contributed by atoms with Gasteiger partial charge in [-0.1, -0.05) is 246 Å². The zero-order chi connectivity index (χ0) is 73.2. The van der Waals surface area contributed by atoms with Crippen molar-refractivity contribution >= 4 is 59.4 Å². The molecule has 560 valence electrons. The van der Waals surface area contributed by atoms with E-state index >= 15 is 0 Å². The topological polar surface area (TPSA) is 304 Å². The summed E-state index contributed by atoms with van der Waals surface area (Å²) in [6, 6.07) is 31.2. The summed E-state index contributed by atoms with van der Waals surface area (Å²) < 4.78 is 41.3. The second-order valence-electron chi connectivity index (χ2n) is 26.2. The van der Waals surface area contributed by atoms with Crippen LogP contribution in [0.15, 0.2) is 121 Å². The molecule has 1 fully saturated rings. The van der Waals surface area contributed by atoms with Crippen LogP contribution in [0, 0.1) is 0 Å². The number of hydrogen-bond acceptors (Lipinski definition) is 18. The van der Waals surface area contributed by atoms with Gasteiger partial charge < -0.3 is 59.5 Å². The molecule has 102 heavy (non-hydrogen) atoms. The number of unbranched alkanes of at least 4 members (excludes halogenated alkanes) is 22. The predicted octanol–water partition coefficient (Wildman–Crippen LogP) is 12.8. The quantitative estimate of drug-likeness (QED) is 0.0119. The van der Waals surface area contributed by atoms with E-state index in [1.165, 1.54) is 63.5 Å². The molecule has 22 nitrogen and oxygen atoms in total. The first-order valence-corrected chi connectivity index (χ1v) is 37.3. The molecule has 0 unspecified atom stereocenters. The maximum Gasteiger partial charge on any atom is 0.345 e. The third-order valence-corrected chi connectivity index (χ3v) is 17.6. The highest BCUT2D eigenvalue weighted by Gasteiger charge is 2.50. The molecule has 0 saturated carbocycles. The average Bonchev–Trinajstić information content (AvgIpc) is 0.788. The summed E-state index contributed by atoms with van der Waals surface area (Å²) in [5.41, 5.74) is 2.00. The molecule has 6 atom stereocenters. The molecule has 1 saturated heterocycles. The molecular weight excluding hydrogens is 1300 g/mol. The Hall–Kier alpha value is -8.34. The van der Waals surface area contributed by atoms with Crippen molar-refractivity contribution in [3.63, 3.8) is 0 Å². The first-order valence-electron chi connectivity index (χ1n) is 37.3. The van der Waals surface area contributed by atoms with E-state index in [-0.39, 0.29) is 43.9 Å². The van der Waals surface area contributed by atoms with Gasteiger partial charge in [-0.25, -0.2) is 9.59 Å². The molecule has 4 aromatic carbocycles. The number of carbonyl (C=O) groups is 10. The number of esters is 6. The van der Waals surface area contributed by atoms with Crippen molar-refractivity contribution in [3.8, 4) is 0 Å². The largest absolute Gasteiger partial charge is 0.461 e. The van der Waals surface area contributed by atoms with Crippen LogP contribution < -0.4 is 21.3 Å². The van der Waals surface area contributed by atoms with E-state index in [2.05, 4.69) is 35.1 Å². The fraction of sp³-hybridized carbons (Fsp3) is 0.575. The Morgan fingerprint density at radius 1 is 0.471 bits per heavy atom. The number of aliphatic hydroxyl groups is 1. The van der Waals surface area contributed by atoms with Crippen molar-refractivity contribution < 1.29 is 86.2 Å². The van der Waals surface area contributed by atoms with E-state index in [0.29, 0.717) is 55.3 Å². The summed E-state index contributed by atoms with van der Waals surface area (Å²) in [5, 5.41) is 23.5. The van der Waals surface area contributed by atoms with Crippen molar-refractivity contribution in [1.82, 2.24) is 21.3 Å². The Bertz CT molecular complexity index is 3010. The average molecular weight is 1420 g/mol. The van der Waals surface area contributed by atoms with Crippen molar-refractivity contribution in [3.05, 3.63) is 144 Å². The minimum atomic E-state index is -1.94. The van der Waals surface area contributed by atoms with Crippen molar-refractivity contribution in [2.75, 3.05) is 19.7 Å². The molecule has 4 amide bonds. The predicted molar refractivity (Wildman–Crippen MR) is 384 cm³/mol. The van der Waals surface area contributed by atoms with E-state index in [4.69, 9.17) is 33.2 Å². The van der Waals surface area contributed by atoms with Gasteiger partial charge >= 0.3 is 35.8 Å². The van der Waals surface area contributed by atoms with Crippen LogP contribution in [-0.4, -0.2) is 127 Å². The van der Waals surface area contributed by atoms with E-state index in [1.807, 2.05) is 6.07 Å². The van der Waals surface area contributed by atoms with Gasteiger partial charge in [-0.05, 0) is 67.5 Å². The summed E-state index contributed by atoms with van der Waals surface area (Å²) in [6.45, 7) is 3.06. The lowest BCUT2D eigenvalue weighted by molar-refractivity contribution is -0.286. The summed E-state index contributed by atoms with van der Waals surface area (Å²) in [7, 11) is 0. The highest BCUT2D eigenvalue weighted by molar-refractivity contribution is 5.97. The molecular formula is C80H112N4O18. The van der Waals surface area contributed by atoms with Gasteiger partial charge in [0.05, 0.1) is 24.5 Å². The molecule has 0 spiro atoms. The van der Waals surface area contributed by atoms with Gasteiger partial charge in [0.25, 0.3) is 5.91 Å². The molecule has 1 aliphatic rings. The third kappa shape index (κ3) is 36.5. The maximum absolute atomic E-state index is 14.4. The van der Waals surface area contributed by atoms with Gasteiger partial charge in [0.1, 0.15) is 50.7 Å². The lowest BCUT2D eigenvalue weighted by Crippen LogP contribution is -2.66. The molecule has 0 bridgehead atoms. The summed E-state index contributed by atoms with van der Waals surface area (Å²) >= 11 is 0. The van der Waals surface area contributed by atoms with E-state index in [9.17, 15) is 53.1 Å². The molecule has 1 heterocycles. The maximum atomic E-state index is 14.4. The Morgan fingerprint density at radius 3 is 1.43 bits per heavy atom. The van der Waals surface area contributed by atoms with Crippen LogP contribution in [0.2, 0.25) is 0 Å². The van der Waals surface area contributed by atoms with Gasteiger partial charge in [-0.2, -0.15) is 0 Å². The highest BCUT2D eigenvalue weighted by Crippen LogP contribution is 2.29. The molecule has 5 N–H and O–H groups in total. The molecule has 0 aliphatic carbocycles. The molecule has 0 aromatic heterocycles. The van der Waals surface area contributed by atoms with Gasteiger partial charge in [-0.3, -0.25) is 38.4 Å². The normalized spacial score (nSPS) is 15.8. The molecule has 4 aromatic rings. The highest BCUT2D eigenvalue weighted by atomic mass is 16.7. The number of carbonyl (C=O) groups excluding carboxylic acids is 10. The Kier molecular flexibility index (Phi) is 42.8. The summed E-state index contributed by atoms with van der Waals surface area (Å²) in [4.78, 5) is 136. The number of aliphatic hydroxyl groups excluding tert-OH is 1. The number of amides is 4. The lowest BCUT2D eigenvalue weighted by Gasteiger charge is -2.44. The molecule has 5 rings (SSSR count). The van der Waals surface area contributed by atoms with Gasteiger partial charge in [0.15, 0.2) is 12.4 Å². The third-order valence-electron chi connectivity index (χ3n) is 17.6. The van der Waals surface area contributed by atoms with Crippen LogP contribution >= 0.6 is 0 Å². The number of ether oxygens (including phenoxy) is 7. The number of hydrogen-bond donors (Lipinski definition) is 5. The first-order chi connectivity index (χ1) is 49.6. The van der Waals surface area contributed by atoms with Crippen LogP contribution in [0.25, 0.3) is 0 Å². The number of benzene rings is 4. The van der Waals surface area contributed by atoms with E-state index in [1.54, 1.807) is 103 Å². The van der Waals surface area contributed by atoms with Crippen molar-refractivity contribution in [2.24, 2.45) is 0 Å². The zero-order valence-electron chi connectivity index (χ0n) is 60.1. The second kappa shape index (κ2) is 51.7. The van der Waals surface area contributed by atoms with Crippen LogP contribution in [0.3, 0.4) is 0 Å². The fourth-order valence-electron chi connectivity index (χ4n) is 11.7. The van der Waals surface area contributed by atoms with Crippen LogP contribution in [0.5, 0.6) is 0 Å². The lowest BCUT2D eigenvalue weighted by atomic mass is 9.95. The van der Waals surface area contributed by atoms with Crippen LogP contribution in [0.4, 0.5) is 0 Å². The summed E-state index contributed by atoms with van der Waals surface area (Å²) in [5.74, 6) is -7.40. The number of rotatable bonds is 53. The minimum Gasteiger partial charge on any atom is -0.461 e. The van der Waals surface area contributed by atoms with Gasteiger partial charge in [0, 0.05) is 37.8 Å². The van der Waals surface area contributed by atoms with E-state index in [0.717, 1.165) is 77.0 Å². The molecule has 22 heteroatoms. The Labute approximate surface area is 602 Å². The van der Waals surface area contributed by atoms with Crippen LogP contribution in [0.1, 0.15) is 251 Å². The van der Waals surface area contributed by atoms with Gasteiger partial charge in [0.2, 0.25) is 17.7 Å². The fourth-order valence-corrected chi connectivity index (χ4v) is 11.7. The second-order valence-corrected chi connectivity index (χ2v) is 26.2. The smallest absolute Gasteiger partial charge is 0.345 e. The van der Waals surface area contributed by atoms with Crippen molar-refractivity contribution in [2.45, 2.75) is 275 Å². The van der Waals surface area contributed by atoms with E-state index < -0.39 is 135 Å². The monoisotopic (exact) mass is 1420 g/mol. The Balaban J connectivity index is 1.39. The molecule has 1 aliphatic heterocycles. The standard InChI is InChI=1S/C80H112N4O18/c1-3-5-7-9-11-13-14-16-18-21-38-50-69(87)84-74-76(101-73(91)56-82-67(85)48-36-20-17-15-12-10-8-6-4-2)75(92)66(100-80(74)99-64(54-71(89)96-57-60-40-28-24-29-41-60)55-72(90)97-58-61-42-30-25-31-43-61)59-98-79(95)65(51-52-70(88)102-78(94)63-46-34-27-35-47-63)83-68(86)49-37-22-19-23-39-53-81-77(93)62-44-32-26-33-45-62/h24-35,40-47,64-66,74-76,80,92H,3-23,36-39,48-59H2,1-2H3,(H,81,93)(H,82,85)(H,83,86)(H,84,87)/t65-,66-,74-,75-,76-,80+/m1/s1. The van der Waals surface area contributed by atoms with Crippen molar-refractivity contribution in [1.29, 1.82) is 0 Å². The summed E-state index contributed by atoms with van der Waals surface area (Å²) in [6.07, 6.45) is 13.1.